The molecule has 2 aliphatic rings. The van der Waals surface area contributed by atoms with Crippen molar-refractivity contribution in [1.29, 1.82) is 0 Å². The Bertz CT molecular complexity index is 836. The average Bonchev–Trinajstić information content (AvgIpc) is 3.33. The van der Waals surface area contributed by atoms with Crippen LogP contribution in [0.25, 0.3) is 4.85 Å². The number of hydrogen-bond acceptors (Lipinski definition) is 3. The summed E-state index contributed by atoms with van der Waals surface area (Å²) in [6.45, 7) is 7.72. The smallest absolute Gasteiger partial charge is 0.255 e. The zero-order chi connectivity index (χ0) is 20.1. The number of hydrogen-bond donors (Lipinski definition) is 1. The first kappa shape index (κ1) is 20.3. The van der Waals surface area contributed by atoms with Gasteiger partial charge in [0.15, 0.2) is 5.78 Å². The summed E-state index contributed by atoms with van der Waals surface area (Å²) in [4.78, 5) is 43.5. The van der Waals surface area contributed by atoms with Gasteiger partial charge in [0.25, 0.3) is 4.99 Å². The second-order valence-electron chi connectivity index (χ2n) is 7.18. The number of nitrogens with zero attached hydrogens (tertiary/aromatic N) is 2. The van der Waals surface area contributed by atoms with Crippen molar-refractivity contribution in [2.24, 2.45) is 11.8 Å². The van der Waals surface area contributed by atoms with E-state index in [1.54, 1.807) is 0 Å². The molecule has 2 heterocycles. The number of rotatable bonds is 6. The Hall–Kier alpha value is -2.46. The van der Waals surface area contributed by atoms with E-state index in [9.17, 15) is 14.4 Å². The topological polar surface area (TPSA) is 70.8 Å². The summed E-state index contributed by atoms with van der Waals surface area (Å²) < 4.78 is 0. The molecule has 2 amide bonds. The summed E-state index contributed by atoms with van der Waals surface area (Å²) in [7, 11) is 1.24. The van der Waals surface area contributed by atoms with E-state index in [1.807, 2.05) is 30.3 Å². The number of Topliss-reactive ketones (excluding diaryl/α,β-unsaturated/α-hetero) is 1. The van der Waals surface area contributed by atoms with Crippen molar-refractivity contribution in [2.45, 2.75) is 19.3 Å². The summed E-state index contributed by atoms with van der Waals surface area (Å²) in [5, 5.41) is 2.53. The molecule has 6 nitrogen and oxygen atoms in total. The van der Waals surface area contributed by atoms with Crippen LogP contribution < -0.4 is 5.32 Å². The van der Waals surface area contributed by atoms with E-state index < -0.39 is 11.8 Å². The number of carbonyl (C=O) groups excluding carboxylic acids is 3. The van der Waals surface area contributed by atoms with Crippen molar-refractivity contribution >= 4 is 33.1 Å². The maximum atomic E-state index is 13.3. The average molecular weight is 400 g/mol. The van der Waals surface area contributed by atoms with E-state index in [4.69, 9.17) is 6.57 Å². The molecule has 0 unspecified atom stereocenters. The lowest BCUT2D eigenvalue weighted by Gasteiger charge is -2.16. The van der Waals surface area contributed by atoms with Gasteiger partial charge >= 0.3 is 0 Å². The minimum absolute atomic E-state index is 0.0521. The van der Waals surface area contributed by atoms with Crippen LogP contribution in [0.15, 0.2) is 30.3 Å². The molecule has 1 N–H and O–H groups in total. The zero-order valence-electron chi connectivity index (χ0n) is 16.0. The predicted molar refractivity (Wildman–Crippen MR) is 111 cm³/mol. The molecule has 0 spiro atoms. The predicted octanol–water partition coefficient (Wildman–Crippen LogP) is 1.73. The summed E-state index contributed by atoms with van der Waals surface area (Å²) >= 11 is 0. The standard InChI is InChI=1S/C21H25N3O3S/c1-22-18(25)14-24-13-17(19(26)20(23-2)28-10-6-7-11-28)16(21(24)27)12-15-8-4-3-5-9-15/h3-5,8-9,16-17H,6-7,10-14H2,1H3,(H,22,25)/t16-,17+/m1/s1. The first-order valence-electron chi connectivity index (χ1n) is 9.54. The third-order valence-electron chi connectivity index (χ3n) is 5.40. The third-order valence-corrected chi connectivity index (χ3v) is 7.80. The number of likely N-dealkylation sites (N-methyl/N-ethyl adjacent to an activating group) is 1. The van der Waals surface area contributed by atoms with Crippen molar-refractivity contribution in [3.8, 4) is 0 Å². The Kier molecular flexibility index (Phi) is 6.63. The lowest BCUT2D eigenvalue weighted by molar-refractivity contribution is -0.135. The number of benzene rings is 1. The maximum Gasteiger partial charge on any atom is 0.255 e. The highest BCUT2D eigenvalue weighted by Crippen LogP contribution is 2.33. The summed E-state index contributed by atoms with van der Waals surface area (Å²) in [5.41, 5.74) is 0.980. The van der Waals surface area contributed by atoms with Crippen LogP contribution >= 0.6 is 10.5 Å². The van der Waals surface area contributed by atoms with Gasteiger partial charge in [-0.2, -0.15) is 10.5 Å². The minimum atomic E-state index is -0.561. The van der Waals surface area contributed by atoms with E-state index in [-0.39, 0.29) is 41.2 Å². The molecule has 28 heavy (non-hydrogen) atoms. The van der Waals surface area contributed by atoms with Gasteiger partial charge in [-0.3, -0.25) is 9.59 Å². The highest BCUT2D eigenvalue weighted by molar-refractivity contribution is 8.17. The molecule has 0 bridgehead atoms. The number of likely N-dealkylation sites (tertiary alicyclic amines) is 1. The van der Waals surface area contributed by atoms with Gasteiger partial charge in [-0.25, -0.2) is 4.85 Å². The molecule has 3 rings (SSSR count). The van der Waals surface area contributed by atoms with Gasteiger partial charge in [0.1, 0.15) is 0 Å². The van der Waals surface area contributed by atoms with E-state index in [2.05, 4.69) is 10.2 Å². The fourth-order valence-electron chi connectivity index (χ4n) is 3.89. The molecule has 0 radical (unpaired) electrons. The fourth-order valence-corrected chi connectivity index (χ4v) is 6.15. The van der Waals surface area contributed by atoms with Crippen LogP contribution in [0.1, 0.15) is 18.4 Å². The Morgan fingerprint density at radius 1 is 1.25 bits per heavy atom. The summed E-state index contributed by atoms with van der Waals surface area (Å²) in [6, 6.07) is 9.60. The Labute approximate surface area is 168 Å². The Morgan fingerprint density at radius 3 is 2.54 bits per heavy atom. The largest absolute Gasteiger partial charge is 0.358 e. The van der Waals surface area contributed by atoms with E-state index in [1.165, 1.54) is 11.9 Å². The Morgan fingerprint density at radius 2 is 1.93 bits per heavy atom. The molecule has 2 aliphatic heterocycles. The quantitative estimate of drug-likeness (QED) is 0.585. The number of amides is 2. The highest BCUT2D eigenvalue weighted by Gasteiger charge is 2.45. The van der Waals surface area contributed by atoms with Crippen molar-refractivity contribution in [3.05, 3.63) is 47.3 Å². The second kappa shape index (κ2) is 9.16. The van der Waals surface area contributed by atoms with Crippen LogP contribution in [0, 0.1) is 18.4 Å². The van der Waals surface area contributed by atoms with Crippen LogP contribution in [0.3, 0.4) is 0 Å². The monoisotopic (exact) mass is 399 g/mol. The number of ketones is 1. The van der Waals surface area contributed by atoms with Gasteiger partial charge < -0.3 is 15.0 Å². The van der Waals surface area contributed by atoms with Crippen molar-refractivity contribution in [1.82, 2.24) is 10.2 Å². The molecule has 0 aromatic heterocycles. The molecule has 0 saturated carbocycles. The van der Waals surface area contributed by atoms with Gasteiger partial charge in [0, 0.05) is 19.5 Å². The minimum Gasteiger partial charge on any atom is -0.358 e. The molecule has 2 saturated heterocycles. The van der Waals surface area contributed by atoms with Crippen LogP contribution in [0.2, 0.25) is 0 Å². The first-order chi connectivity index (χ1) is 13.5. The van der Waals surface area contributed by atoms with E-state index in [0.29, 0.717) is 11.4 Å². The summed E-state index contributed by atoms with van der Waals surface area (Å²) in [5.74, 6) is 0.0908. The summed E-state index contributed by atoms with van der Waals surface area (Å²) in [6.07, 6.45) is 2.55. The van der Waals surface area contributed by atoms with Gasteiger partial charge in [-0.1, -0.05) is 30.3 Å². The molecular weight excluding hydrogens is 374 g/mol. The van der Waals surface area contributed by atoms with Gasteiger partial charge in [-0.15, -0.1) is 0 Å². The molecule has 148 valence electrons. The van der Waals surface area contributed by atoms with Crippen LogP contribution in [0.4, 0.5) is 0 Å². The second-order valence-corrected chi connectivity index (χ2v) is 9.37. The lowest BCUT2D eigenvalue weighted by Crippen LogP contribution is -2.37. The molecule has 1 aromatic carbocycles. The molecule has 0 aliphatic carbocycles. The highest BCUT2D eigenvalue weighted by atomic mass is 32.2. The SMILES string of the molecule is [C-]#[N+]C(C(=O)[C@H]1CN(CC(=O)NC)C(=O)[C@@H]1Cc1ccccc1)=S1CCCC1. The van der Waals surface area contributed by atoms with Crippen LogP contribution in [0.5, 0.6) is 0 Å². The molecule has 7 heteroatoms. The van der Waals surface area contributed by atoms with Crippen LogP contribution in [-0.2, 0) is 20.8 Å². The van der Waals surface area contributed by atoms with Gasteiger partial charge in [-0.05, 0) is 36.3 Å². The zero-order valence-corrected chi connectivity index (χ0v) is 16.8. The normalized spacial score (nSPS) is 22.1. The van der Waals surface area contributed by atoms with Crippen LogP contribution in [-0.4, -0.2) is 59.1 Å². The molecule has 1 aromatic rings. The fraction of sp³-hybridized carbons (Fsp3) is 0.476. The third kappa shape index (κ3) is 4.33. The molecule has 2 fully saturated rings. The van der Waals surface area contributed by atoms with Crippen molar-refractivity contribution < 1.29 is 14.4 Å². The lowest BCUT2D eigenvalue weighted by atomic mass is 9.86. The first-order valence-corrected chi connectivity index (χ1v) is 11.1. The van der Waals surface area contributed by atoms with Crippen molar-refractivity contribution in [3.63, 3.8) is 0 Å². The number of nitrogens with one attached hydrogen (secondary N) is 1. The molecular formula is C21H25N3O3S. The van der Waals surface area contributed by atoms with Gasteiger partial charge in [0.05, 0.1) is 19.0 Å². The van der Waals surface area contributed by atoms with Gasteiger partial charge in [0.2, 0.25) is 11.8 Å². The maximum absolute atomic E-state index is 13.3. The van der Waals surface area contributed by atoms with E-state index >= 15 is 0 Å². The van der Waals surface area contributed by atoms with E-state index in [0.717, 1.165) is 29.9 Å². The Balaban J connectivity index is 1.89. The number of carbonyl (C=O) groups is 3. The molecule has 2 atom stereocenters. The van der Waals surface area contributed by atoms with Crippen molar-refractivity contribution in [2.75, 3.05) is 31.6 Å².